The molecule has 0 bridgehead atoms. The maximum atomic E-state index is 13.1. The average molecular weight is 456 g/mol. The highest BCUT2D eigenvalue weighted by molar-refractivity contribution is 7.92. The predicted octanol–water partition coefficient (Wildman–Crippen LogP) is 3.41. The van der Waals surface area contributed by atoms with E-state index in [-0.39, 0.29) is 22.0 Å². The van der Waals surface area contributed by atoms with Crippen LogP contribution in [0.3, 0.4) is 0 Å². The molecule has 2 aliphatic rings. The highest BCUT2D eigenvalue weighted by atomic mass is 32.2. The molecule has 2 aliphatic heterocycles. The number of Topliss-reactive ketones (excluding diaryl/α,β-unsaturated/α-hetero) is 1. The van der Waals surface area contributed by atoms with E-state index < -0.39 is 10.0 Å². The van der Waals surface area contributed by atoms with Crippen molar-refractivity contribution in [3.05, 3.63) is 53.6 Å². The topological polar surface area (TPSA) is 86.8 Å². The average Bonchev–Trinajstić information content (AvgIpc) is 3.35. The summed E-state index contributed by atoms with van der Waals surface area (Å²) in [4.78, 5) is 28.4. The van der Waals surface area contributed by atoms with Crippen molar-refractivity contribution in [2.45, 2.75) is 43.9 Å². The van der Waals surface area contributed by atoms with Gasteiger partial charge >= 0.3 is 0 Å². The number of carbonyl (C=O) groups excluding carboxylic acids is 2. The number of hydrogen-bond donors (Lipinski definition) is 1. The number of fused-ring (bicyclic) bond motifs is 1. The van der Waals surface area contributed by atoms with E-state index in [0.29, 0.717) is 24.3 Å². The zero-order valence-electron chi connectivity index (χ0n) is 18.7. The van der Waals surface area contributed by atoms with Crippen molar-refractivity contribution in [1.29, 1.82) is 0 Å². The number of likely N-dealkylation sites (tertiary alicyclic amines) is 1. The number of amides is 1. The Kier molecular flexibility index (Phi) is 5.75. The molecular weight excluding hydrogens is 426 g/mol. The minimum Gasteiger partial charge on any atom is -0.361 e. The van der Waals surface area contributed by atoms with Crippen LogP contribution in [-0.4, -0.2) is 51.2 Å². The summed E-state index contributed by atoms with van der Waals surface area (Å²) >= 11 is 0. The molecule has 2 aromatic rings. The van der Waals surface area contributed by atoms with Crippen LogP contribution in [-0.2, 0) is 20.2 Å². The van der Waals surface area contributed by atoms with Crippen molar-refractivity contribution in [3.8, 4) is 0 Å². The number of carbonyl (C=O) groups is 2. The molecule has 32 heavy (non-hydrogen) atoms. The summed E-state index contributed by atoms with van der Waals surface area (Å²) in [6, 6.07) is 11.5. The van der Waals surface area contributed by atoms with E-state index in [1.54, 1.807) is 36.4 Å². The summed E-state index contributed by atoms with van der Waals surface area (Å²) in [5.41, 5.74) is 2.31. The maximum absolute atomic E-state index is 13.1. The summed E-state index contributed by atoms with van der Waals surface area (Å²) < 4.78 is 28.7. The van der Waals surface area contributed by atoms with E-state index in [1.165, 1.54) is 13.0 Å². The first-order valence-electron chi connectivity index (χ1n) is 10.9. The molecule has 1 fully saturated rings. The lowest BCUT2D eigenvalue weighted by Gasteiger charge is -2.24. The van der Waals surface area contributed by atoms with Gasteiger partial charge < -0.3 is 9.80 Å². The van der Waals surface area contributed by atoms with E-state index in [9.17, 15) is 18.0 Å². The molecule has 4 rings (SSSR count). The molecular formula is C24H29N3O4S. The second-order valence-electron chi connectivity index (χ2n) is 9.25. The molecule has 0 aromatic heterocycles. The second-order valence-corrected chi connectivity index (χ2v) is 10.9. The summed E-state index contributed by atoms with van der Waals surface area (Å²) in [6.07, 6.45) is 2.11. The summed E-state index contributed by atoms with van der Waals surface area (Å²) in [5.74, 6) is -0.0104. The molecule has 1 N–H and O–H groups in total. The standard InChI is InChI=1S/C24H29N3O4S/c1-17(28)18-7-6-8-19(13-18)25-32(30,31)20-9-10-22-21(14-20)24(2,3)16-27(22)15-23(29)26-11-4-5-12-26/h6-10,13-14,25H,4-5,11-12,15-16H2,1-3H3. The molecule has 0 saturated carbocycles. The molecule has 0 radical (unpaired) electrons. The van der Waals surface area contributed by atoms with Crippen molar-refractivity contribution in [2.24, 2.45) is 0 Å². The molecule has 0 unspecified atom stereocenters. The molecule has 7 nitrogen and oxygen atoms in total. The minimum absolute atomic E-state index is 0.120. The van der Waals surface area contributed by atoms with Crippen molar-refractivity contribution >= 4 is 33.1 Å². The van der Waals surface area contributed by atoms with Gasteiger partial charge in [0.05, 0.1) is 11.4 Å². The predicted molar refractivity (Wildman–Crippen MR) is 125 cm³/mol. The van der Waals surface area contributed by atoms with Gasteiger partial charge in [-0.2, -0.15) is 0 Å². The summed E-state index contributed by atoms with van der Waals surface area (Å²) in [7, 11) is -3.84. The van der Waals surface area contributed by atoms with Crippen molar-refractivity contribution in [2.75, 3.05) is 35.8 Å². The Balaban J connectivity index is 1.59. The fourth-order valence-corrected chi connectivity index (χ4v) is 5.61. The van der Waals surface area contributed by atoms with Crippen LogP contribution >= 0.6 is 0 Å². The fourth-order valence-electron chi connectivity index (χ4n) is 4.53. The largest absolute Gasteiger partial charge is 0.361 e. The van der Waals surface area contributed by atoms with Crippen LogP contribution in [0.25, 0.3) is 0 Å². The van der Waals surface area contributed by atoms with E-state index in [0.717, 1.165) is 37.2 Å². The van der Waals surface area contributed by atoms with Gasteiger partial charge in [0.25, 0.3) is 10.0 Å². The van der Waals surface area contributed by atoms with Crippen LogP contribution in [0, 0.1) is 0 Å². The molecule has 2 heterocycles. The van der Waals surface area contributed by atoms with Crippen LogP contribution in [0.1, 0.15) is 49.5 Å². The van der Waals surface area contributed by atoms with Gasteiger partial charge in [0.15, 0.2) is 5.78 Å². The Labute approximate surface area is 189 Å². The maximum Gasteiger partial charge on any atom is 0.261 e. The molecule has 0 spiro atoms. The fraction of sp³-hybridized carbons (Fsp3) is 0.417. The van der Waals surface area contributed by atoms with E-state index in [2.05, 4.69) is 23.5 Å². The van der Waals surface area contributed by atoms with Gasteiger partial charge in [-0.3, -0.25) is 14.3 Å². The third-order valence-corrected chi connectivity index (χ3v) is 7.62. The number of sulfonamides is 1. The molecule has 2 aromatic carbocycles. The zero-order chi connectivity index (χ0) is 23.1. The van der Waals surface area contributed by atoms with Crippen LogP contribution in [0.5, 0.6) is 0 Å². The molecule has 8 heteroatoms. The van der Waals surface area contributed by atoms with E-state index in [1.807, 2.05) is 4.90 Å². The molecule has 170 valence electrons. The molecule has 1 amide bonds. The van der Waals surface area contributed by atoms with Crippen molar-refractivity contribution < 1.29 is 18.0 Å². The lowest BCUT2D eigenvalue weighted by atomic mass is 9.87. The van der Waals surface area contributed by atoms with Crippen molar-refractivity contribution in [1.82, 2.24) is 4.90 Å². The highest BCUT2D eigenvalue weighted by Crippen LogP contribution is 2.41. The number of benzene rings is 2. The van der Waals surface area contributed by atoms with Crippen molar-refractivity contribution in [3.63, 3.8) is 0 Å². The SMILES string of the molecule is CC(=O)c1cccc(NS(=O)(=O)c2ccc3c(c2)C(C)(C)CN3CC(=O)N2CCCC2)c1. The van der Waals surface area contributed by atoms with Crippen LogP contribution in [0.15, 0.2) is 47.4 Å². The molecule has 0 aliphatic carbocycles. The van der Waals surface area contributed by atoms with Gasteiger partial charge in [-0.15, -0.1) is 0 Å². The van der Waals surface area contributed by atoms with Gasteiger partial charge in [0, 0.05) is 42.0 Å². The Bertz CT molecular complexity index is 1170. The lowest BCUT2D eigenvalue weighted by molar-refractivity contribution is -0.128. The Morgan fingerprint density at radius 3 is 2.47 bits per heavy atom. The Hall–Kier alpha value is -2.87. The monoisotopic (exact) mass is 455 g/mol. The summed E-state index contributed by atoms with van der Waals surface area (Å²) in [6.45, 7) is 8.15. The lowest BCUT2D eigenvalue weighted by Crippen LogP contribution is -2.40. The molecule has 0 atom stereocenters. The van der Waals surface area contributed by atoms with Crippen LogP contribution in [0.2, 0.25) is 0 Å². The number of hydrogen-bond acceptors (Lipinski definition) is 5. The Morgan fingerprint density at radius 1 is 1.06 bits per heavy atom. The minimum atomic E-state index is -3.84. The first-order valence-corrected chi connectivity index (χ1v) is 12.4. The first kappa shape index (κ1) is 22.3. The van der Waals surface area contributed by atoms with E-state index >= 15 is 0 Å². The zero-order valence-corrected chi connectivity index (χ0v) is 19.5. The number of anilines is 2. The third-order valence-electron chi connectivity index (χ3n) is 6.24. The van der Waals surface area contributed by atoms with Crippen LogP contribution in [0.4, 0.5) is 11.4 Å². The number of ketones is 1. The number of nitrogens with zero attached hydrogens (tertiary/aromatic N) is 2. The summed E-state index contributed by atoms with van der Waals surface area (Å²) in [5, 5.41) is 0. The van der Waals surface area contributed by atoms with Gasteiger partial charge in [0.1, 0.15) is 0 Å². The van der Waals surface area contributed by atoms with Gasteiger partial charge in [-0.05, 0) is 55.7 Å². The van der Waals surface area contributed by atoms with Gasteiger partial charge in [-0.1, -0.05) is 26.0 Å². The molecule has 1 saturated heterocycles. The van der Waals surface area contributed by atoms with Crippen LogP contribution < -0.4 is 9.62 Å². The smallest absolute Gasteiger partial charge is 0.261 e. The first-order chi connectivity index (χ1) is 15.1. The highest BCUT2D eigenvalue weighted by Gasteiger charge is 2.37. The third kappa shape index (κ3) is 4.37. The van der Waals surface area contributed by atoms with E-state index in [4.69, 9.17) is 0 Å². The quantitative estimate of drug-likeness (QED) is 0.675. The Morgan fingerprint density at radius 2 is 1.78 bits per heavy atom. The van der Waals surface area contributed by atoms with Gasteiger partial charge in [-0.25, -0.2) is 8.42 Å². The number of rotatable bonds is 6. The second kappa shape index (κ2) is 8.24. The number of nitrogens with one attached hydrogen (secondary N) is 1. The normalized spacial score (nSPS) is 17.3. The van der Waals surface area contributed by atoms with Gasteiger partial charge in [0.2, 0.25) is 5.91 Å².